The van der Waals surface area contributed by atoms with Crippen LogP contribution in [0.25, 0.3) is 0 Å². The summed E-state index contributed by atoms with van der Waals surface area (Å²) < 4.78 is 5.90. The minimum atomic E-state index is 0.0302. The van der Waals surface area contributed by atoms with Gasteiger partial charge in [0.15, 0.2) is 0 Å². The van der Waals surface area contributed by atoms with E-state index < -0.39 is 0 Å². The van der Waals surface area contributed by atoms with Gasteiger partial charge in [-0.25, -0.2) is 0 Å². The lowest BCUT2D eigenvalue weighted by Crippen LogP contribution is -2.50. The van der Waals surface area contributed by atoms with E-state index in [9.17, 15) is 9.59 Å². The van der Waals surface area contributed by atoms with Crippen molar-refractivity contribution >= 4 is 11.8 Å². The van der Waals surface area contributed by atoms with Crippen LogP contribution in [0.5, 0.6) is 0 Å². The SMILES string of the molecule is Cc1cc(C)cc(C(=O)N2CCC3(CC2)COCCN(CC(=O)N(C)C)C3)c1. The van der Waals surface area contributed by atoms with Crippen molar-refractivity contribution in [1.82, 2.24) is 14.7 Å². The van der Waals surface area contributed by atoms with E-state index >= 15 is 0 Å². The van der Waals surface area contributed by atoms with E-state index in [-0.39, 0.29) is 17.2 Å². The number of carbonyl (C=O) groups excluding carboxylic acids is 2. The van der Waals surface area contributed by atoms with Gasteiger partial charge in [0.25, 0.3) is 5.91 Å². The van der Waals surface area contributed by atoms with Crippen LogP contribution in [0.2, 0.25) is 0 Å². The van der Waals surface area contributed by atoms with E-state index in [0.717, 1.165) is 55.7 Å². The lowest BCUT2D eigenvalue weighted by Gasteiger charge is -2.42. The van der Waals surface area contributed by atoms with Crippen molar-refractivity contribution in [3.63, 3.8) is 0 Å². The van der Waals surface area contributed by atoms with Crippen molar-refractivity contribution in [3.05, 3.63) is 34.9 Å². The molecule has 0 aromatic heterocycles. The Labute approximate surface area is 168 Å². The zero-order valence-corrected chi connectivity index (χ0v) is 17.7. The molecule has 6 heteroatoms. The van der Waals surface area contributed by atoms with Gasteiger partial charge in [-0.15, -0.1) is 0 Å². The summed E-state index contributed by atoms with van der Waals surface area (Å²) in [5.41, 5.74) is 3.05. The molecule has 3 rings (SSSR count). The van der Waals surface area contributed by atoms with Crippen LogP contribution < -0.4 is 0 Å². The average molecular weight is 388 g/mol. The number of likely N-dealkylation sites (tertiary alicyclic amines) is 1. The summed E-state index contributed by atoms with van der Waals surface area (Å²) in [5, 5.41) is 0. The number of likely N-dealkylation sites (N-methyl/N-ethyl adjacent to an activating group) is 1. The van der Waals surface area contributed by atoms with Gasteiger partial charge in [-0.3, -0.25) is 14.5 Å². The Morgan fingerprint density at radius 3 is 2.32 bits per heavy atom. The van der Waals surface area contributed by atoms with E-state index in [2.05, 4.69) is 11.0 Å². The molecule has 0 aliphatic carbocycles. The maximum Gasteiger partial charge on any atom is 0.253 e. The van der Waals surface area contributed by atoms with Crippen molar-refractivity contribution in [2.24, 2.45) is 5.41 Å². The van der Waals surface area contributed by atoms with Crippen LogP contribution >= 0.6 is 0 Å². The van der Waals surface area contributed by atoms with E-state index in [1.54, 1.807) is 19.0 Å². The van der Waals surface area contributed by atoms with Crippen molar-refractivity contribution in [3.8, 4) is 0 Å². The molecule has 28 heavy (non-hydrogen) atoms. The van der Waals surface area contributed by atoms with Crippen LogP contribution in [0.4, 0.5) is 0 Å². The maximum absolute atomic E-state index is 13.0. The summed E-state index contributed by atoms with van der Waals surface area (Å²) in [6, 6.07) is 6.04. The minimum Gasteiger partial charge on any atom is -0.379 e. The Bertz CT molecular complexity index is 703. The molecule has 2 fully saturated rings. The first kappa shape index (κ1) is 20.8. The standard InChI is InChI=1S/C22H33N3O3/c1-17-11-18(2)13-19(12-17)21(27)25-7-5-22(6-8-25)15-24(9-10-28-16-22)14-20(26)23(3)4/h11-13H,5-10,14-16H2,1-4H3. The average Bonchev–Trinajstić information content (AvgIpc) is 2.83. The number of amides is 2. The highest BCUT2D eigenvalue weighted by atomic mass is 16.5. The Kier molecular flexibility index (Phi) is 6.40. The van der Waals surface area contributed by atoms with Crippen molar-refractivity contribution in [1.29, 1.82) is 0 Å². The fraction of sp³-hybridized carbons (Fsp3) is 0.636. The van der Waals surface area contributed by atoms with Crippen LogP contribution in [0.1, 0.15) is 34.3 Å². The van der Waals surface area contributed by atoms with Gasteiger partial charge in [-0.1, -0.05) is 17.2 Å². The molecule has 0 unspecified atom stereocenters. The number of hydrogen-bond acceptors (Lipinski definition) is 4. The molecule has 1 aromatic rings. The molecule has 6 nitrogen and oxygen atoms in total. The summed E-state index contributed by atoms with van der Waals surface area (Å²) in [6.45, 7) is 8.99. The van der Waals surface area contributed by atoms with Crippen molar-refractivity contribution in [2.75, 3.05) is 60.0 Å². The highest BCUT2D eigenvalue weighted by molar-refractivity contribution is 5.94. The first-order valence-electron chi connectivity index (χ1n) is 10.2. The van der Waals surface area contributed by atoms with Crippen molar-refractivity contribution in [2.45, 2.75) is 26.7 Å². The maximum atomic E-state index is 13.0. The molecule has 0 bridgehead atoms. The van der Waals surface area contributed by atoms with Crippen LogP contribution in [-0.4, -0.2) is 86.5 Å². The molecule has 0 radical (unpaired) electrons. The Balaban J connectivity index is 1.64. The molecule has 2 saturated heterocycles. The van der Waals surface area contributed by atoms with E-state index in [1.165, 1.54) is 0 Å². The molecule has 1 aromatic carbocycles. The zero-order valence-electron chi connectivity index (χ0n) is 17.7. The van der Waals surface area contributed by atoms with Gasteiger partial charge in [0.05, 0.1) is 19.8 Å². The second-order valence-electron chi connectivity index (χ2n) is 8.72. The van der Waals surface area contributed by atoms with Crippen LogP contribution in [0.15, 0.2) is 18.2 Å². The van der Waals surface area contributed by atoms with Crippen LogP contribution in [0, 0.1) is 19.3 Å². The first-order chi connectivity index (χ1) is 13.3. The molecule has 1 spiro atoms. The number of ether oxygens (including phenoxy) is 1. The minimum absolute atomic E-state index is 0.0302. The number of carbonyl (C=O) groups is 2. The first-order valence-corrected chi connectivity index (χ1v) is 10.2. The quantitative estimate of drug-likeness (QED) is 0.796. The largest absolute Gasteiger partial charge is 0.379 e. The van der Waals surface area contributed by atoms with Crippen LogP contribution in [0.3, 0.4) is 0 Å². The second kappa shape index (κ2) is 8.62. The fourth-order valence-electron chi connectivity index (χ4n) is 4.32. The second-order valence-corrected chi connectivity index (χ2v) is 8.72. The molecular weight excluding hydrogens is 354 g/mol. The number of aryl methyl sites for hydroxylation is 2. The van der Waals surface area contributed by atoms with Gasteiger partial charge < -0.3 is 14.5 Å². The summed E-state index contributed by atoms with van der Waals surface area (Å²) in [7, 11) is 3.59. The smallest absolute Gasteiger partial charge is 0.253 e. The third-order valence-electron chi connectivity index (χ3n) is 5.96. The Morgan fingerprint density at radius 2 is 1.71 bits per heavy atom. The van der Waals surface area contributed by atoms with E-state index in [0.29, 0.717) is 19.8 Å². The van der Waals surface area contributed by atoms with Gasteiger partial charge >= 0.3 is 0 Å². The zero-order chi connectivity index (χ0) is 20.3. The molecule has 0 saturated carbocycles. The number of nitrogens with zero attached hydrogens (tertiary/aromatic N) is 3. The predicted molar refractivity (Wildman–Crippen MR) is 109 cm³/mol. The lowest BCUT2D eigenvalue weighted by molar-refractivity contribution is -0.130. The van der Waals surface area contributed by atoms with Gasteiger partial charge in [-0.2, -0.15) is 0 Å². The van der Waals surface area contributed by atoms with Gasteiger partial charge in [0, 0.05) is 51.3 Å². The highest BCUT2D eigenvalue weighted by Crippen LogP contribution is 2.35. The van der Waals surface area contributed by atoms with E-state index in [4.69, 9.17) is 4.74 Å². The third kappa shape index (κ3) is 4.92. The molecule has 2 heterocycles. The summed E-state index contributed by atoms with van der Waals surface area (Å²) in [5.74, 6) is 0.246. The van der Waals surface area contributed by atoms with Crippen LogP contribution in [-0.2, 0) is 9.53 Å². The van der Waals surface area contributed by atoms with Crippen molar-refractivity contribution < 1.29 is 14.3 Å². The molecule has 0 N–H and O–H groups in total. The van der Waals surface area contributed by atoms with Gasteiger partial charge in [0.1, 0.15) is 0 Å². The number of rotatable bonds is 3. The fourth-order valence-corrected chi connectivity index (χ4v) is 4.32. The monoisotopic (exact) mass is 387 g/mol. The summed E-state index contributed by atoms with van der Waals surface area (Å²) >= 11 is 0. The topological polar surface area (TPSA) is 53.1 Å². The Hall–Kier alpha value is -1.92. The molecule has 154 valence electrons. The molecular formula is C22H33N3O3. The van der Waals surface area contributed by atoms with E-state index in [1.807, 2.05) is 30.9 Å². The number of benzene rings is 1. The lowest BCUT2D eigenvalue weighted by atomic mass is 9.78. The number of hydrogen-bond donors (Lipinski definition) is 0. The molecule has 2 aliphatic heterocycles. The third-order valence-corrected chi connectivity index (χ3v) is 5.96. The summed E-state index contributed by atoms with van der Waals surface area (Å²) in [4.78, 5) is 30.9. The van der Waals surface area contributed by atoms with Gasteiger partial charge in [-0.05, 0) is 38.8 Å². The van der Waals surface area contributed by atoms with Gasteiger partial charge in [0.2, 0.25) is 5.91 Å². The Morgan fingerprint density at radius 1 is 1.07 bits per heavy atom. The number of piperidine rings is 1. The predicted octanol–water partition coefficient (Wildman–Crippen LogP) is 1.95. The molecule has 2 aliphatic rings. The molecule has 0 atom stereocenters. The molecule has 2 amide bonds. The normalized spacial score (nSPS) is 20.1. The summed E-state index contributed by atoms with van der Waals surface area (Å²) in [6.07, 6.45) is 1.83. The highest BCUT2D eigenvalue weighted by Gasteiger charge is 2.39.